The number of hydrogen-bond donors (Lipinski definition) is 1. The standard InChI is InChI=1S/C8H9F3N2/c1-2-3-12-8-6(10)4-5(9)7(11)13-8/h4H,2-3H2,1H3,(H,12,13). The molecule has 5 heteroatoms. The lowest BCUT2D eigenvalue weighted by atomic mass is 10.4. The van der Waals surface area contributed by atoms with Crippen molar-refractivity contribution in [2.75, 3.05) is 11.9 Å². The Morgan fingerprint density at radius 2 is 2.00 bits per heavy atom. The molecule has 0 aromatic carbocycles. The largest absolute Gasteiger partial charge is 0.368 e. The third kappa shape index (κ3) is 2.34. The van der Waals surface area contributed by atoms with E-state index in [0.29, 0.717) is 12.6 Å². The van der Waals surface area contributed by atoms with E-state index in [4.69, 9.17) is 0 Å². The predicted molar refractivity (Wildman–Crippen MR) is 42.9 cm³/mol. The Kier molecular flexibility index (Phi) is 3.11. The third-order valence-corrected chi connectivity index (χ3v) is 1.43. The lowest BCUT2D eigenvalue weighted by Gasteiger charge is -2.04. The van der Waals surface area contributed by atoms with E-state index in [9.17, 15) is 13.2 Å². The van der Waals surface area contributed by atoms with Crippen molar-refractivity contribution in [3.63, 3.8) is 0 Å². The summed E-state index contributed by atoms with van der Waals surface area (Å²) in [5, 5.41) is 2.54. The van der Waals surface area contributed by atoms with Gasteiger partial charge in [-0.2, -0.15) is 9.37 Å². The zero-order chi connectivity index (χ0) is 9.84. The maximum Gasteiger partial charge on any atom is 0.251 e. The Hall–Kier alpha value is -1.26. The highest BCUT2D eigenvalue weighted by Gasteiger charge is 2.10. The molecule has 2 nitrogen and oxygen atoms in total. The Morgan fingerprint density at radius 3 is 2.62 bits per heavy atom. The van der Waals surface area contributed by atoms with E-state index in [0.717, 1.165) is 6.42 Å². The minimum atomic E-state index is -1.29. The van der Waals surface area contributed by atoms with Crippen molar-refractivity contribution in [3.05, 3.63) is 23.6 Å². The molecule has 0 saturated heterocycles. The van der Waals surface area contributed by atoms with E-state index < -0.39 is 17.6 Å². The van der Waals surface area contributed by atoms with Gasteiger partial charge in [0.2, 0.25) is 0 Å². The van der Waals surface area contributed by atoms with Gasteiger partial charge in [0.1, 0.15) is 0 Å². The second-order valence-corrected chi connectivity index (χ2v) is 2.52. The molecule has 0 fully saturated rings. The smallest absolute Gasteiger partial charge is 0.251 e. The third-order valence-electron chi connectivity index (χ3n) is 1.43. The minimum Gasteiger partial charge on any atom is -0.368 e. The molecule has 1 aromatic heterocycles. The Bertz CT molecular complexity index is 302. The van der Waals surface area contributed by atoms with Gasteiger partial charge in [0.25, 0.3) is 5.95 Å². The van der Waals surface area contributed by atoms with E-state index in [-0.39, 0.29) is 5.82 Å². The number of rotatable bonds is 3. The first-order valence-electron chi connectivity index (χ1n) is 3.90. The Morgan fingerprint density at radius 1 is 1.31 bits per heavy atom. The van der Waals surface area contributed by atoms with Gasteiger partial charge < -0.3 is 5.32 Å². The van der Waals surface area contributed by atoms with Crippen LogP contribution < -0.4 is 5.32 Å². The molecule has 0 unspecified atom stereocenters. The molecule has 1 aromatic rings. The van der Waals surface area contributed by atoms with Crippen LogP contribution in [0.4, 0.5) is 19.0 Å². The summed E-state index contributed by atoms with van der Waals surface area (Å²) in [5.41, 5.74) is 0. The van der Waals surface area contributed by atoms with Crippen molar-refractivity contribution in [2.24, 2.45) is 0 Å². The van der Waals surface area contributed by atoms with Gasteiger partial charge in [-0.15, -0.1) is 0 Å². The zero-order valence-corrected chi connectivity index (χ0v) is 7.07. The van der Waals surface area contributed by atoms with Gasteiger partial charge in [-0.3, -0.25) is 0 Å². The molecule has 0 radical (unpaired) electrons. The molecular formula is C8H9F3N2. The molecule has 0 saturated carbocycles. The van der Waals surface area contributed by atoms with E-state index >= 15 is 0 Å². The first kappa shape index (κ1) is 9.83. The summed E-state index contributed by atoms with van der Waals surface area (Å²) >= 11 is 0. The predicted octanol–water partition coefficient (Wildman–Crippen LogP) is 2.32. The summed E-state index contributed by atoms with van der Waals surface area (Å²) in [5.74, 6) is -3.70. The molecule has 0 spiro atoms. The fraction of sp³-hybridized carbons (Fsp3) is 0.375. The van der Waals surface area contributed by atoms with Crippen LogP contribution in [0.3, 0.4) is 0 Å². The SMILES string of the molecule is CCCNc1nc(F)c(F)cc1F. The fourth-order valence-electron chi connectivity index (χ4n) is 0.812. The van der Waals surface area contributed by atoms with E-state index in [1.807, 2.05) is 6.92 Å². The molecule has 1 heterocycles. The number of halogens is 3. The van der Waals surface area contributed by atoms with E-state index in [1.165, 1.54) is 0 Å². The first-order valence-corrected chi connectivity index (χ1v) is 3.90. The average molecular weight is 190 g/mol. The Balaban J connectivity index is 2.88. The highest BCUT2D eigenvalue weighted by molar-refractivity contribution is 5.35. The quantitative estimate of drug-likeness (QED) is 0.740. The lowest BCUT2D eigenvalue weighted by Crippen LogP contribution is -2.06. The Labute approximate surface area is 73.8 Å². The lowest BCUT2D eigenvalue weighted by molar-refractivity contribution is 0.466. The molecule has 0 atom stereocenters. The van der Waals surface area contributed by atoms with Gasteiger partial charge in [-0.25, -0.2) is 8.78 Å². The molecule has 0 bridgehead atoms. The van der Waals surface area contributed by atoms with Gasteiger partial charge in [-0.05, 0) is 6.42 Å². The molecule has 1 rings (SSSR count). The van der Waals surface area contributed by atoms with Crippen LogP contribution in [0.2, 0.25) is 0 Å². The molecule has 72 valence electrons. The monoisotopic (exact) mass is 190 g/mol. The van der Waals surface area contributed by atoms with Gasteiger partial charge in [0.05, 0.1) is 0 Å². The topological polar surface area (TPSA) is 24.9 Å². The minimum absolute atomic E-state index is 0.249. The summed E-state index contributed by atoms with van der Waals surface area (Å²) in [6.45, 7) is 2.33. The average Bonchev–Trinajstić information content (AvgIpc) is 2.09. The summed E-state index contributed by atoms with van der Waals surface area (Å²) in [6, 6.07) is 0.473. The maximum absolute atomic E-state index is 12.8. The van der Waals surface area contributed by atoms with Crippen LogP contribution in [0.5, 0.6) is 0 Å². The zero-order valence-electron chi connectivity index (χ0n) is 7.07. The molecule has 0 aliphatic heterocycles. The van der Waals surface area contributed by atoms with Gasteiger partial charge in [0, 0.05) is 12.6 Å². The molecule has 0 aliphatic carbocycles. The van der Waals surface area contributed by atoms with Crippen molar-refractivity contribution in [2.45, 2.75) is 13.3 Å². The van der Waals surface area contributed by atoms with Gasteiger partial charge >= 0.3 is 0 Å². The second kappa shape index (κ2) is 4.11. The summed E-state index contributed by atoms with van der Waals surface area (Å²) in [6.07, 6.45) is 0.750. The number of aromatic nitrogens is 1. The second-order valence-electron chi connectivity index (χ2n) is 2.52. The molecule has 0 amide bonds. The van der Waals surface area contributed by atoms with Crippen molar-refractivity contribution in [3.8, 4) is 0 Å². The molecule has 0 aliphatic rings. The van der Waals surface area contributed by atoms with Crippen LogP contribution in [-0.2, 0) is 0 Å². The van der Waals surface area contributed by atoms with Crippen LogP contribution >= 0.6 is 0 Å². The fourth-order valence-corrected chi connectivity index (χ4v) is 0.812. The van der Waals surface area contributed by atoms with Crippen LogP contribution in [0.25, 0.3) is 0 Å². The van der Waals surface area contributed by atoms with Crippen molar-refractivity contribution < 1.29 is 13.2 Å². The van der Waals surface area contributed by atoms with Gasteiger partial charge in [-0.1, -0.05) is 6.92 Å². The van der Waals surface area contributed by atoms with E-state index in [2.05, 4.69) is 10.3 Å². The molecule has 13 heavy (non-hydrogen) atoms. The molecule has 1 N–H and O–H groups in total. The summed E-state index contributed by atoms with van der Waals surface area (Å²) in [7, 11) is 0. The van der Waals surface area contributed by atoms with Crippen LogP contribution in [-0.4, -0.2) is 11.5 Å². The molecular weight excluding hydrogens is 181 g/mol. The number of anilines is 1. The van der Waals surface area contributed by atoms with Crippen molar-refractivity contribution >= 4 is 5.82 Å². The van der Waals surface area contributed by atoms with Crippen molar-refractivity contribution in [1.29, 1.82) is 0 Å². The maximum atomic E-state index is 12.8. The van der Waals surface area contributed by atoms with Crippen LogP contribution in [0.1, 0.15) is 13.3 Å². The summed E-state index contributed by atoms with van der Waals surface area (Å²) in [4.78, 5) is 3.08. The highest BCUT2D eigenvalue weighted by atomic mass is 19.2. The number of pyridine rings is 1. The van der Waals surface area contributed by atoms with Gasteiger partial charge in [0.15, 0.2) is 17.5 Å². The van der Waals surface area contributed by atoms with Crippen LogP contribution in [0, 0.1) is 17.6 Å². The number of nitrogens with zero attached hydrogens (tertiary/aromatic N) is 1. The van der Waals surface area contributed by atoms with Crippen LogP contribution in [0.15, 0.2) is 6.07 Å². The summed E-state index contributed by atoms with van der Waals surface area (Å²) < 4.78 is 37.7. The number of hydrogen-bond acceptors (Lipinski definition) is 2. The normalized spacial score (nSPS) is 10.2. The first-order chi connectivity index (χ1) is 6.15. The highest BCUT2D eigenvalue weighted by Crippen LogP contribution is 2.13. The number of nitrogens with one attached hydrogen (secondary N) is 1. The van der Waals surface area contributed by atoms with Crippen molar-refractivity contribution in [1.82, 2.24) is 4.98 Å². The van der Waals surface area contributed by atoms with E-state index in [1.54, 1.807) is 0 Å².